The van der Waals surface area contributed by atoms with E-state index in [4.69, 9.17) is 5.11 Å². The molecule has 1 aromatic carbocycles. The van der Waals surface area contributed by atoms with Crippen molar-refractivity contribution in [1.82, 2.24) is 4.31 Å². The molecule has 0 aromatic heterocycles. The third-order valence-corrected chi connectivity index (χ3v) is 5.57. The zero-order valence-electron chi connectivity index (χ0n) is 10.8. The molecule has 1 N–H and O–H groups in total. The lowest BCUT2D eigenvalue weighted by atomic mass is 10.2. The number of hydrogen-bond acceptors (Lipinski definition) is 3. The average Bonchev–Trinajstić information content (AvgIpc) is 2.31. The summed E-state index contributed by atoms with van der Waals surface area (Å²) in [6, 6.07) is 4.80. The topological polar surface area (TPSA) is 74.7 Å². The van der Waals surface area contributed by atoms with Crippen molar-refractivity contribution in [3.05, 3.63) is 27.3 Å². The van der Waals surface area contributed by atoms with Crippen LogP contribution in [0.3, 0.4) is 0 Å². The Morgan fingerprint density at radius 2 is 2.05 bits per heavy atom. The van der Waals surface area contributed by atoms with Crippen LogP contribution < -0.4 is 0 Å². The van der Waals surface area contributed by atoms with Crippen LogP contribution in [0.4, 0.5) is 0 Å². The van der Waals surface area contributed by atoms with E-state index < -0.39 is 22.5 Å². The van der Waals surface area contributed by atoms with Crippen LogP contribution in [0, 0.1) is 10.5 Å². The van der Waals surface area contributed by atoms with Crippen LogP contribution in [0.2, 0.25) is 0 Å². The number of aliphatic carboxylic acids is 1. The van der Waals surface area contributed by atoms with Crippen LogP contribution >= 0.6 is 22.6 Å². The van der Waals surface area contributed by atoms with Gasteiger partial charge in [0.1, 0.15) is 6.54 Å². The maximum Gasteiger partial charge on any atom is 0.318 e. The van der Waals surface area contributed by atoms with E-state index in [0.29, 0.717) is 6.42 Å². The smallest absolute Gasteiger partial charge is 0.318 e. The predicted octanol–water partition coefficient (Wildman–Crippen LogP) is 2.08. The Labute approximate surface area is 126 Å². The van der Waals surface area contributed by atoms with Gasteiger partial charge in [0.25, 0.3) is 0 Å². The van der Waals surface area contributed by atoms with Gasteiger partial charge in [-0.05, 0) is 53.6 Å². The molecule has 0 fully saturated rings. The Morgan fingerprint density at radius 3 is 2.53 bits per heavy atom. The van der Waals surface area contributed by atoms with E-state index in [0.717, 1.165) is 13.4 Å². The highest BCUT2D eigenvalue weighted by Gasteiger charge is 2.26. The number of hydrogen-bond donors (Lipinski definition) is 1. The fraction of sp³-hybridized carbons (Fsp3) is 0.417. The van der Waals surface area contributed by atoms with Gasteiger partial charge in [-0.3, -0.25) is 4.79 Å². The Kier molecular flexibility index (Phi) is 5.75. The molecule has 7 heteroatoms. The second-order valence-corrected chi connectivity index (χ2v) is 7.24. The van der Waals surface area contributed by atoms with E-state index in [1.165, 1.54) is 6.07 Å². The van der Waals surface area contributed by atoms with Gasteiger partial charge in [0.05, 0.1) is 4.90 Å². The van der Waals surface area contributed by atoms with Crippen molar-refractivity contribution in [2.24, 2.45) is 0 Å². The molecule has 0 atom stereocenters. The number of rotatable bonds is 6. The fourth-order valence-corrected chi connectivity index (χ4v) is 3.80. The van der Waals surface area contributed by atoms with Crippen molar-refractivity contribution in [2.45, 2.75) is 25.2 Å². The molecule has 0 heterocycles. The van der Waals surface area contributed by atoms with Gasteiger partial charge in [-0.15, -0.1) is 0 Å². The van der Waals surface area contributed by atoms with Crippen LogP contribution in [0.5, 0.6) is 0 Å². The van der Waals surface area contributed by atoms with Gasteiger partial charge in [0.15, 0.2) is 0 Å². The molecular formula is C12H16INO4S. The molecule has 106 valence electrons. The maximum atomic E-state index is 12.4. The van der Waals surface area contributed by atoms with Gasteiger partial charge in [-0.25, -0.2) is 8.42 Å². The molecule has 0 bridgehead atoms. The van der Waals surface area contributed by atoms with Gasteiger partial charge in [0, 0.05) is 10.1 Å². The van der Waals surface area contributed by atoms with E-state index in [1.807, 2.05) is 13.8 Å². The first-order chi connectivity index (χ1) is 8.78. The SMILES string of the molecule is CCCN(CC(=O)O)S(=O)(=O)c1ccc(C)c(I)c1. The van der Waals surface area contributed by atoms with E-state index in [9.17, 15) is 13.2 Å². The summed E-state index contributed by atoms with van der Waals surface area (Å²) >= 11 is 2.06. The van der Waals surface area contributed by atoms with Crippen LogP contribution in [-0.4, -0.2) is 36.9 Å². The van der Waals surface area contributed by atoms with Crippen LogP contribution in [-0.2, 0) is 14.8 Å². The summed E-state index contributed by atoms with van der Waals surface area (Å²) in [5, 5.41) is 8.81. The number of benzene rings is 1. The first kappa shape index (κ1) is 16.4. The van der Waals surface area contributed by atoms with Crippen LogP contribution in [0.25, 0.3) is 0 Å². The Bertz CT molecular complexity index is 571. The molecular weight excluding hydrogens is 381 g/mol. The van der Waals surface area contributed by atoms with Gasteiger partial charge >= 0.3 is 5.97 Å². The highest BCUT2D eigenvalue weighted by molar-refractivity contribution is 14.1. The summed E-state index contributed by atoms with van der Waals surface area (Å²) in [5.74, 6) is -1.15. The zero-order chi connectivity index (χ0) is 14.6. The lowest BCUT2D eigenvalue weighted by Gasteiger charge is -2.20. The highest BCUT2D eigenvalue weighted by atomic mass is 127. The van der Waals surface area contributed by atoms with Crippen molar-refractivity contribution in [3.63, 3.8) is 0 Å². The van der Waals surface area contributed by atoms with Gasteiger partial charge in [-0.2, -0.15) is 4.31 Å². The number of nitrogens with zero attached hydrogens (tertiary/aromatic N) is 1. The monoisotopic (exact) mass is 397 g/mol. The third kappa shape index (κ3) is 4.15. The zero-order valence-corrected chi connectivity index (χ0v) is 13.7. The lowest BCUT2D eigenvalue weighted by molar-refractivity contribution is -0.137. The molecule has 1 aromatic rings. The van der Waals surface area contributed by atoms with E-state index in [2.05, 4.69) is 22.6 Å². The number of carboxylic acids is 1. The Hall–Kier alpha value is -0.670. The molecule has 19 heavy (non-hydrogen) atoms. The molecule has 0 aliphatic heterocycles. The maximum absolute atomic E-state index is 12.4. The first-order valence-corrected chi connectivity index (χ1v) is 8.29. The standard InChI is InChI=1S/C12H16INO4S/c1-3-6-14(8-12(15)16)19(17,18)10-5-4-9(2)11(13)7-10/h4-5,7H,3,6,8H2,1-2H3,(H,15,16). The second-order valence-electron chi connectivity index (χ2n) is 4.14. The summed E-state index contributed by atoms with van der Waals surface area (Å²) < 4.78 is 26.6. The van der Waals surface area contributed by atoms with Crippen molar-refractivity contribution in [3.8, 4) is 0 Å². The van der Waals surface area contributed by atoms with E-state index in [-0.39, 0.29) is 11.4 Å². The van der Waals surface area contributed by atoms with Crippen molar-refractivity contribution in [2.75, 3.05) is 13.1 Å². The molecule has 0 saturated carbocycles. The predicted molar refractivity (Wildman–Crippen MR) is 80.6 cm³/mol. The fourth-order valence-electron chi connectivity index (χ4n) is 1.57. The summed E-state index contributed by atoms with van der Waals surface area (Å²) in [6.07, 6.45) is 0.565. The Balaban J connectivity index is 3.18. The third-order valence-electron chi connectivity index (χ3n) is 2.57. The number of carbonyl (C=O) groups is 1. The molecule has 0 aliphatic rings. The van der Waals surface area contributed by atoms with Crippen molar-refractivity contribution >= 4 is 38.6 Å². The van der Waals surface area contributed by atoms with Gasteiger partial charge < -0.3 is 5.11 Å². The number of aryl methyl sites for hydroxylation is 1. The molecule has 0 spiro atoms. The van der Waals surface area contributed by atoms with Crippen LogP contribution in [0.1, 0.15) is 18.9 Å². The number of sulfonamides is 1. The lowest BCUT2D eigenvalue weighted by Crippen LogP contribution is -2.36. The van der Waals surface area contributed by atoms with Crippen molar-refractivity contribution in [1.29, 1.82) is 0 Å². The van der Waals surface area contributed by atoms with E-state index >= 15 is 0 Å². The Morgan fingerprint density at radius 1 is 1.42 bits per heavy atom. The summed E-state index contributed by atoms with van der Waals surface area (Å²) in [5.41, 5.74) is 0.986. The molecule has 0 radical (unpaired) electrons. The minimum absolute atomic E-state index is 0.136. The molecule has 0 saturated heterocycles. The average molecular weight is 397 g/mol. The summed E-state index contributed by atoms with van der Waals surface area (Å²) in [6.45, 7) is 3.38. The molecule has 0 aliphatic carbocycles. The van der Waals surface area contributed by atoms with Gasteiger partial charge in [0.2, 0.25) is 10.0 Å². The number of carboxylic acid groups (broad SMARTS) is 1. The second kappa shape index (κ2) is 6.67. The van der Waals surface area contributed by atoms with Crippen molar-refractivity contribution < 1.29 is 18.3 Å². The minimum atomic E-state index is -3.75. The normalized spacial score (nSPS) is 11.8. The quantitative estimate of drug-likeness (QED) is 0.747. The summed E-state index contributed by atoms with van der Waals surface area (Å²) in [4.78, 5) is 10.9. The largest absolute Gasteiger partial charge is 0.480 e. The molecule has 1 rings (SSSR count). The highest BCUT2D eigenvalue weighted by Crippen LogP contribution is 2.20. The van der Waals surface area contributed by atoms with Gasteiger partial charge in [-0.1, -0.05) is 13.0 Å². The van der Waals surface area contributed by atoms with Crippen LogP contribution in [0.15, 0.2) is 23.1 Å². The molecule has 0 amide bonds. The van der Waals surface area contributed by atoms with E-state index in [1.54, 1.807) is 12.1 Å². The molecule has 5 nitrogen and oxygen atoms in total. The minimum Gasteiger partial charge on any atom is -0.480 e. The first-order valence-electron chi connectivity index (χ1n) is 5.77. The summed E-state index contributed by atoms with van der Waals surface area (Å²) in [7, 11) is -3.75. The molecule has 0 unspecified atom stereocenters. The number of halogens is 1.